The molecule has 0 radical (unpaired) electrons. The van der Waals surface area contributed by atoms with E-state index < -0.39 is 23.4 Å². The molecule has 0 fully saturated rings. The van der Waals surface area contributed by atoms with E-state index in [0.29, 0.717) is 17.1 Å². The minimum atomic E-state index is -1.16. The van der Waals surface area contributed by atoms with E-state index in [0.717, 1.165) is 5.06 Å². The van der Waals surface area contributed by atoms with E-state index >= 15 is 0 Å². The quantitative estimate of drug-likeness (QED) is 0.536. The number of fused-ring (bicyclic) bond motifs is 1. The highest BCUT2D eigenvalue weighted by atomic mass is 16.7. The lowest BCUT2D eigenvalue weighted by Crippen LogP contribution is -2.54. The van der Waals surface area contributed by atoms with Crippen molar-refractivity contribution in [1.82, 2.24) is 0 Å². The van der Waals surface area contributed by atoms with E-state index in [4.69, 9.17) is 14.3 Å². The maximum atomic E-state index is 13.1. The van der Waals surface area contributed by atoms with Crippen LogP contribution in [0.25, 0.3) is 0 Å². The van der Waals surface area contributed by atoms with Crippen LogP contribution < -0.4 is 14.7 Å². The standard InChI is InChI=1S/C22H24N2O6/c1-5-29-19(25)14-23-17-13-15(11-12-18(17)30-22(2,3)21(23)27)20(26)24(28-4)16-9-7-6-8-10-16/h6-13H,5,14H2,1-4H3. The third kappa shape index (κ3) is 4.13. The first-order chi connectivity index (χ1) is 14.3. The van der Waals surface area contributed by atoms with E-state index in [2.05, 4.69) is 0 Å². The fourth-order valence-electron chi connectivity index (χ4n) is 3.18. The molecule has 2 aromatic carbocycles. The molecule has 0 saturated carbocycles. The Labute approximate surface area is 174 Å². The molecule has 1 aliphatic rings. The summed E-state index contributed by atoms with van der Waals surface area (Å²) in [5.74, 6) is -0.989. The van der Waals surface area contributed by atoms with Crippen LogP contribution >= 0.6 is 0 Å². The number of rotatable bonds is 6. The van der Waals surface area contributed by atoms with Gasteiger partial charge in [-0.2, -0.15) is 5.06 Å². The van der Waals surface area contributed by atoms with Crippen molar-refractivity contribution in [2.24, 2.45) is 0 Å². The molecule has 0 unspecified atom stereocenters. The van der Waals surface area contributed by atoms with Crippen molar-refractivity contribution < 1.29 is 28.7 Å². The Hall–Kier alpha value is -3.39. The summed E-state index contributed by atoms with van der Waals surface area (Å²) in [6.45, 7) is 4.86. The molecular weight excluding hydrogens is 388 g/mol. The van der Waals surface area contributed by atoms with E-state index in [1.54, 1.807) is 57.2 Å². The summed E-state index contributed by atoms with van der Waals surface area (Å²) in [5.41, 5.74) is -0.0144. The second-order valence-corrected chi connectivity index (χ2v) is 7.11. The summed E-state index contributed by atoms with van der Waals surface area (Å²) < 4.78 is 10.8. The van der Waals surface area contributed by atoms with Gasteiger partial charge < -0.3 is 9.47 Å². The van der Waals surface area contributed by atoms with Gasteiger partial charge in [-0.1, -0.05) is 18.2 Å². The highest BCUT2D eigenvalue weighted by Crippen LogP contribution is 2.38. The molecular formula is C22H24N2O6. The molecule has 0 spiro atoms. The van der Waals surface area contributed by atoms with Crippen LogP contribution in [0, 0.1) is 0 Å². The van der Waals surface area contributed by atoms with Crippen molar-refractivity contribution in [2.75, 3.05) is 30.2 Å². The number of anilines is 2. The van der Waals surface area contributed by atoms with Crippen LogP contribution in [-0.2, 0) is 19.2 Å². The first-order valence-corrected chi connectivity index (χ1v) is 9.52. The average molecular weight is 412 g/mol. The van der Waals surface area contributed by atoms with Crippen LogP contribution in [-0.4, -0.2) is 43.6 Å². The topological polar surface area (TPSA) is 85.4 Å². The van der Waals surface area contributed by atoms with Crippen molar-refractivity contribution in [1.29, 1.82) is 0 Å². The van der Waals surface area contributed by atoms with Gasteiger partial charge in [-0.15, -0.1) is 0 Å². The van der Waals surface area contributed by atoms with Crippen molar-refractivity contribution in [2.45, 2.75) is 26.4 Å². The number of hydrogen-bond donors (Lipinski definition) is 0. The Morgan fingerprint density at radius 2 is 1.83 bits per heavy atom. The number of para-hydroxylation sites is 1. The van der Waals surface area contributed by atoms with Crippen LogP contribution in [0.2, 0.25) is 0 Å². The van der Waals surface area contributed by atoms with Crippen molar-refractivity contribution in [3.63, 3.8) is 0 Å². The molecule has 2 amide bonds. The molecule has 3 rings (SSSR count). The van der Waals surface area contributed by atoms with Gasteiger partial charge in [0, 0.05) is 5.56 Å². The number of ether oxygens (including phenoxy) is 2. The Morgan fingerprint density at radius 1 is 1.13 bits per heavy atom. The summed E-state index contributed by atoms with van der Waals surface area (Å²) in [7, 11) is 1.39. The number of carbonyl (C=O) groups excluding carboxylic acids is 3. The maximum Gasteiger partial charge on any atom is 0.326 e. The Morgan fingerprint density at radius 3 is 2.47 bits per heavy atom. The Bertz CT molecular complexity index is 957. The summed E-state index contributed by atoms with van der Waals surface area (Å²) in [6.07, 6.45) is 0. The molecule has 8 nitrogen and oxygen atoms in total. The summed E-state index contributed by atoms with van der Waals surface area (Å²) in [6, 6.07) is 13.6. The molecule has 8 heteroatoms. The Kier molecular flexibility index (Phi) is 6.07. The van der Waals surface area contributed by atoms with Gasteiger partial charge >= 0.3 is 5.97 Å². The van der Waals surface area contributed by atoms with Gasteiger partial charge in [0.1, 0.15) is 12.3 Å². The van der Waals surface area contributed by atoms with Gasteiger partial charge in [0.05, 0.1) is 25.1 Å². The largest absolute Gasteiger partial charge is 0.476 e. The number of carbonyl (C=O) groups is 3. The lowest BCUT2D eigenvalue weighted by atomic mass is 10.0. The lowest BCUT2D eigenvalue weighted by Gasteiger charge is -2.38. The van der Waals surface area contributed by atoms with E-state index in [9.17, 15) is 14.4 Å². The molecule has 158 valence electrons. The first kappa shape index (κ1) is 21.3. The van der Waals surface area contributed by atoms with Gasteiger partial charge in [0.2, 0.25) is 0 Å². The number of amides is 2. The van der Waals surface area contributed by atoms with Gasteiger partial charge in [-0.3, -0.25) is 24.1 Å². The van der Waals surface area contributed by atoms with E-state index in [1.165, 1.54) is 18.1 Å². The van der Waals surface area contributed by atoms with Gasteiger partial charge in [0.15, 0.2) is 5.60 Å². The molecule has 0 saturated heterocycles. The monoisotopic (exact) mass is 412 g/mol. The maximum absolute atomic E-state index is 13.1. The zero-order valence-electron chi connectivity index (χ0n) is 17.4. The van der Waals surface area contributed by atoms with E-state index in [-0.39, 0.29) is 18.7 Å². The highest BCUT2D eigenvalue weighted by molar-refractivity contribution is 6.09. The van der Waals surface area contributed by atoms with Crippen molar-refractivity contribution in [3.8, 4) is 5.75 Å². The third-order valence-electron chi connectivity index (χ3n) is 4.57. The summed E-state index contributed by atoms with van der Waals surface area (Å²) >= 11 is 0. The summed E-state index contributed by atoms with van der Waals surface area (Å²) in [4.78, 5) is 44.6. The predicted molar refractivity (Wildman–Crippen MR) is 110 cm³/mol. The molecule has 0 N–H and O–H groups in total. The zero-order valence-corrected chi connectivity index (χ0v) is 17.4. The van der Waals surface area contributed by atoms with Crippen LogP contribution in [0.1, 0.15) is 31.1 Å². The van der Waals surface area contributed by atoms with Crippen LogP contribution in [0.5, 0.6) is 5.75 Å². The van der Waals surface area contributed by atoms with Crippen molar-refractivity contribution in [3.05, 3.63) is 54.1 Å². The molecule has 30 heavy (non-hydrogen) atoms. The third-order valence-corrected chi connectivity index (χ3v) is 4.57. The minimum Gasteiger partial charge on any atom is -0.476 e. The molecule has 2 aromatic rings. The highest BCUT2D eigenvalue weighted by Gasteiger charge is 2.42. The lowest BCUT2D eigenvalue weighted by molar-refractivity contribution is -0.144. The molecule has 0 bridgehead atoms. The number of benzene rings is 2. The number of nitrogens with zero attached hydrogens (tertiary/aromatic N) is 2. The molecule has 1 aliphatic heterocycles. The average Bonchev–Trinajstić information content (AvgIpc) is 2.72. The fraction of sp³-hybridized carbons (Fsp3) is 0.318. The predicted octanol–water partition coefficient (Wildman–Crippen LogP) is 2.96. The van der Waals surface area contributed by atoms with Crippen molar-refractivity contribution >= 4 is 29.2 Å². The van der Waals surface area contributed by atoms with E-state index in [1.807, 2.05) is 6.07 Å². The van der Waals surface area contributed by atoms with Crippen LogP contribution in [0.3, 0.4) is 0 Å². The SMILES string of the molecule is CCOC(=O)CN1C(=O)C(C)(C)Oc2ccc(C(=O)N(OC)c3ccccc3)cc21. The van der Waals surface area contributed by atoms with Gasteiger partial charge in [-0.25, -0.2) is 0 Å². The first-order valence-electron chi connectivity index (χ1n) is 9.52. The molecule has 0 aliphatic carbocycles. The zero-order chi connectivity index (χ0) is 21.9. The van der Waals surface area contributed by atoms with Gasteiger partial charge in [0.25, 0.3) is 11.8 Å². The molecule has 0 atom stereocenters. The number of hydrogen-bond acceptors (Lipinski definition) is 6. The number of hydroxylamine groups is 1. The van der Waals surface area contributed by atoms with Crippen LogP contribution in [0.4, 0.5) is 11.4 Å². The second-order valence-electron chi connectivity index (χ2n) is 7.11. The normalized spacial score (nSPS) is 14.5. The van der Waals surface area contributed by atoms with Gasteiger partial charge in [-0.05, 0) is 51.1 Å². The molecule has 0 aromatic heterocycles. The second kappa shape index (κ2) is 8.54. The summed E-state index contributed by atoms with van der Waals surface area (Å²) in [5, 5.41) is 1.15. The Balaban J connectivity index is 1.99. The fourth-order valence-corrected chi connectivity index (χ4v) is 3.18. The smallest absolute Gasteiger partial charge is 0.326 e. The van der Waals surface area contributed by atoms with Crippen LogP contribution in [0.15, 0.2) is 48.5 Å². The number of esters is 1. The molecule has 1 heterocycles. The minimum absolute atomic E-state index is 0.200.